The van der Waals surface area contributed by atoms with Crippen molar-refractivity contribution in [1.29, 1.82) is 0 Å². The lowest BCUT2D eigenvalue weighted by Gasteiger charge is -2.07. The summed E-state index contributed by atoms with van der Waals surface area (Å²) >= 11 is 1.60. The molecule has 0 aliphatic rings. The first-order chi connectivity index (χ1) is 13.8. The van der Waals surface area contributed by atoms with Crippen molar-refractivity contribution in [2.75, 3.05) is 11.9 Å². The van der Waals surface area contributed by atoms with Crippen LogP contribution in [0.5, 0.6) is 0 Å². The Kier molecular flexibility index (Phi) is 6.57. The number of nitrogens with zero attached hydrogens (tertiary/aromatic N) is 1. The molecule has 0 aliphatic heterocycles. The third-order valence-electron chi connectivity index (χ3n) is 3.94. The fourth-order valence-electron chi connectivity index (χ4n) is 2.55. The van der Waals surface area contributed by atoms with E-state index in [1.165, 1.54) is 24.3 Å². The van der Waals surface area contributed by atoms with Crippen LogP contribution in [0.25, 0.3) is 10.2 Å². The largest absolute Gasteiger partial charge is 0.456 e. The first kappa shape index (κ1) is 20.9. The van der Waals surface area contributed by atoms with E-state index in [0.717, 1.165) is 15.2 Å². The number of hydrogen-bond donors (Lipinski definition) is 2. The molecule has 0 radical (unpaired) electrons. The smallest absolute Gasteiger partial charge is 0.306 e. The van der Waals surface area contributed by atoms with Crippen molar-refractivity contribution in [3.8, 4) is 0 Å². The van der Waals surface area contributed by atoms with Gasteiger partial charge in [0.15, 0.2) is 6.61 Å². The predicted molar refractivity (Wildman–Crippen MR) is 110 cm³/mol. The first-order valence-corrected chi connectivity index (χ1v) is 11.1. The number of aryl methyl sites for hydroxylation is 1. The van der Waals surface area contributed by atoms with Crippen LogP contribution >= 0.6 is 11.3 Å². The number of para-hydroxylation sites is 1. The highest BCUT2D eigenvalue weighted by Crippen LogP contribution is 2.22. The maximum atomic E-state index is 11.9. The second kappa shape index (κ2) is 9.12. The van der Waals surface area contributed by atoms with Crippen molar-refractivity contribution < 1.29 is 22.7 Å². The summed E-state index contributed by atoms with van der Waals surface area (Å²) < 4.78 is 28.5. The summed E-state index contributed by atoms with van der Waals surface area (Å²) in [6.07, 6.45) is 1.43. The molecule has 0 atom stereocenters. The molecule has 3 rings (SSSR count). The summed E-state index contributed by atoms with van der Waals surface area (Å²) in [5.74, 6) is -0.987. The highest BCUT2D eigenvalue weighted by molar-refractivity contribution is 7.89. The van der Waals surface area contributed by atoms with E-state index in [-0.39, 0.29) is 11.3 Å². The number of sulfonamides is 1. The molecular weight excluding hydrogens is 414 g/mol. The molecule has 0 aliphatic carbocycles. The number of hydrogen-bond acceptors (Lipinski definition) is 7. The number of amides is 1. The van der Waals surface area contributed by atoms with E-state index < -0.39 is 28.5 Å². The molecule has 8 nitrogen and oxygen atoms in total. The fourth-order valence-corrected chi connectivity index (χ4v) is 4.08. The molecule has 10 heteroatoms. The van der Waals surface area contributed by atoms with Gasteiger partial charge in [-0.15, -0.1) is 11.3 Å². The third kappa shape index (κ3) is 6.08. The van der Waals surface area contributed by atoms with Crippen molar-refractivity contribution in [3.63, 3.8) is 0 Å². The van der Waals surface area contributed by atoms with Crippen LogP contribution in [0.1, 0.15) is 17.8 Å². The van der Waals surface area contributed by atoms with Gasteiger partial charge in [-0.1, -0.05) is 12.1 Å². The van der Waals surface area contributed by atoms with Crippen LogP contribution in [0.3, 0.4) is 0 Å². The number of fused-ring (bicyclic) bond motifs is 1. The van der Waals surface area contributed by atoms with Crippen LogP contribution < -0.4 is 10.5 Å². The molecule has 29 heavy (non-hydrogen) atoms. The van der Waals surface area contributed by atoms with Crippen molar-refractivity contribution in [2.45, 2.75) is 24.2 Å². The van der Waals surface area contributed by atoms with Crippen LogP contribution in [-0.2, 0) is 30.8 Å². The minimum absolute atomic E-state index is 0.0601. The zero-order valence-electron chi connectivity index (χ0n) is 15.3. The Morgan fingerprint density at radius 2 is 1.83 bits per heavy atom. The van der Waals surface area contributed by atoms with Crippen LogP contribution in [0.15, 0.2) is 53.4 Å². The minimum atomic E-state index is -3.79. The second-order valence-electron chi connectivity index (χ2n) is 6.21. The van der Waals surface area contributed by atoms with Gasteiger partial charge < -0.3 is 10.1 Å². The standard InChI is InChI=1S/C19H19N3O5S2/c20-29(25,26)14-10-8-13(9-11-14)21-17(23)12-27-19(24)7-3-6-18-22-15-4-1-2-5-16(15)28-18/h1-2,4-5,8-11H,3,6-7,12H2,(H,21,23)(H2,20,25,26). The van der Waals surface area contributed by atoms with E-state index in [0.29, 0.717) is 18.5 Å². The van der Waals surface area contributed by atoms with Gasteiger partial charge in [0.2, 0.25) is 10.0 Å². The lowest BCUT2D eigenvalue weighted by molar-refractivity contribution is -0.147. The molecular formula is C19H19N3O5S2. The summed E-state index contributed by atoms with van der Waals surface area (Å²) in [4.78, 5) is 28.1. The van der Waals surface area contributed by atoms with Gasteiger partial charge in [0.05, 0.1) is 20.1 Å². The molecule has 1 heterocycles. The zero-order valence-corrected chi connectivity index (χ0v) is 17.0. The monoisotopic (exact) mass is 433 g/mol. The number of nitrogens with two attached hydrogens (primary N) is 1. The number of carbonyl (C=O) groups excluding carboxylic acids is 2. The number of nitrogens with one attached hydrogen (secondary N) is 1. The number of primary sulfonamides is 1. The van der Waals surface area contributed by atoms with Gasteiger partial charge >= 0.3 is 5.97 Å². The number of thiazole rings is 1. The van der Waals surface area contributed by atoms with E-state index >= 15 is 0 Å². The maximum Gasteiger partial charge on any atom is 0.306 e. The summed E-state index contributed by atoms with van der Waals surface area (Å²) in [6, 6.07) is 13.2. The molecule has 3 aromatic rings. The topological polar surface area (TPSA) is 128 Å². The van der Waals surface area contributed by atoms with Gasteiger partial charge in [-0.3, -0.25) is 9.59 Å². The molecule has 0 saturated heterocycles. The second-order valence-corrected chi connectivity index (χ2v) is 8.88. The quantitative estimate of drug-likeness (QED) is 0.525. The Morgan fingerprint density at radius 3 is 2.52 bits per heavy atom. The lowest BCUT2D eigenvalue weighted by Crippen LogP contribution is -2.21. The van der Waals surface area contributed by atoms with E-state index in [9.17, 15) is 18.0 Å². The number of benzene rings is 2. The van der Waals surface area contributed by atoms with E-state index in [2.05, 4.69) is 10.3 Å². The maximum absolute atomic E-state index is 11.9. The first-order valence-electron chi connectivity index (χ1n) is 8.74. The molecule has 0 saturated carbocycles. The third-order valence-corrected chi connectivity index (χ3v) is 5.97. The molecule has 0 spiro atoms. The SMILES string of the molecule is NS(=O)(=O)c1ccc(NC(=O)COC(=O)CCCc2nc3ccccc3s2)cc1. The normalized spacial score (nSPS) is 11.3. The Morgan fingerprint density at radius 1 is 1.10 bits per heavy atom. The molecule has 152 valence electrons. The van der Waals surface area contributed by atoms with Crippen LogP contribution in [0.2, 0.25) is 0 Å². The van der Waals surface area contributed by atoms with E-state index in [1.54, 1.807) is 11.3 Å². The van der Waals surface area contributed by atoms with Crippen LogP contribution in [0.4, 0.5) is 5.69 Å². The Hall–Kier alpha value is -2.82. The average molecular weight is 434 g/mol. The van der Waals surface area contributed by atoms with Gasteiger partial charge in [0.25, 0.3) is 5.91 Å². The molecule has 0 bridgehead atoms. The van der Waals surface area contributed by atoms with E-state index in [4.69, 9.17) is 9.88 Å². The summed E-state index contributed by atoms with van der Waals surface area (Å²) in [5, 5.41) is 8.48. The number of ether oxygens (including phenoxy) is 1. The highest BCUT2D eigenvalue weighted by Gasteiger charge is 2.11. The average Bonchev–Trinajstić information content (AvgIpc) is 3.09. The van der Waals surface area contributed by atoms with Gasteiger partial charge in [0.1, 0.15) is 0 Å². The van der Waals surface area contributed by atoms with Gasteiger partial charge in [-0.2, -0.15) is 0 Å². The van der Waals surface area contributed by atoms with Gasteiger partial charge in [-0.25, -0.2) is 18.5 Å². The van der Waals surface area contributed by atoms with Crippen molar-refractivity contribution in [1.82, 2.24) is 4.98 Å². The van der Waals surface area contributed by atoms with Crippen molar-refractivity contribution in [2.24, 2.45) is 5.14 Å². The molecule has 0 fully saturated rings. The number of carbonyl (C=O) groups is 2. The Labute approximate surface area is 171 Å². The number of rotatable bonds is 8. The van der Waals surface area contributed by atoms with Crippen LogP contribution in [0, 0.1) is 0 Å². The number of aromatic nitrogens is 1. The molecule has 1 amide bonds. The number of esters is 1. The van der Waals surface area contributed by atoms with Crippen LogP contribution in [-0.4, -0.2) is 31.9 Å². The zero-order chi connectivity index (χ0) is 20.9. The van der Waals surface area contributed by atoms with Crippen molar-refractivity contribution in [3.05, 3.63) is 53.5 Å². The molecule has 1 aromatic heterocycles. The predicted octanol–water partition coefficient (Wildman–Crippen LogP) is 2.45. The minimum Gasteiger partial charge on any atom is -0.456 e. The lowest BCUT2D eigenvalue weighted by atomic mass is 10.2. The summed E-state index contributed by atoms with van der Waals surface area (Å²) in [7, 11) is -3.79. The van der Waals surface area contributed by atoms with Gasteiger partial charge in [-0.05, 0) is 49.2 Å². The highest BCUT2D eigenvalue weighted by atomic mass is 32.2. The van der Waals surface area contributed by atoms with Gasteiger partial charge in [0, 0.05) is 12.1 Å². The summed E-state index contributed by atoms with van der Waals surface area (Å²) in [5.41, 5.74) is 1.32. The summed E-state index contributed by atoms with van der Waals surface area (Å²) in [6.45, 7) is -0.420. The molecule has 0 unspecified atom stereocenters. The number of anilines is 1. The Balaban J connectivity index is 1.39. The Bertz CT molecular complexity index is 1090. The van der Waals surface area contributed by atoms with E-state index in [1.807, 2.05) is 24.3 Å². The molecule has 3 N–H and O–H groups in total. The molecule has 2 aromatic carbocycles. The fraction of sp³-hybridized carbons (Fsp3) is 0.211. The van der Waals surface area contributed by atoms with Crippen molar-refractivity contribution >= 4 is 49.1 Å².